The van der Waals surface area contributed by atoms with E-state index in [4.69, 9.17) is 4.74 Å². The molecule has 5 rings (SSSR count). The fraction of sp³-hybridized carbons (Fsp3) is 0.500. The number of piperidine rings is 1. The molecule has 0 atom stereocenters. The van der Waals surface area contributed by atoms with Crippen LogP contribution in [0.15, 0.2) is 42.6 Å². The van der Waals surface area contributed by atoms with Crippen molar-refractivity contribution in [2.75, 3.05) is 56.2 Å². The van der Waals surface area contributed by atoms with Crippen LogP contribution in [0.25, 0.3) is 5.13 Å². The van der Waals surface area contributed by atoms with Gasteiger partial charge in [0.2, 0.25) is 10.3 Å². The van der Waals surface area contributed by atoms with E-state index in [9.17, 15) is 0 Å². The summed E-state index contributed by atoms with van der Waals surface area (Å²) < 4.78 is 7.49. The zero-order chi connectivity index (χ0) is 21.9. The minimum Gasteiger partial charge on any atom is -0.497 e. The fourth-order valence-electron chi connectivity index (χ4n) is 4.55. The lowest BCUT2D eigenvalue weighted by Gasteiger charge is -2.36. The van der Waals surface area contributed by atoms with Crippen LogP contribution >= 0.6 is 11.3 Å². The van der Waals surface area contributed by atoms with E-state index in [1.54, 1.807) is 18.4 Å². The van der Waals surface area contributed by atoms with Crippen molar-refractivity contribution in [1.82, 2.24) is 19.7 Å². The number of hydrogen-bond donors (Lipinski definition) is 0. The lowest BCUT2D eigenvalue weighted by atomic mass is 10.00. The standard InChI is InChI=1S/C24H32N6OS/c1-19-9-12-29(13-10-19)23-25-26-24(32-23)30-11-3-4-21(30)18-27-14-16-28(17-15-27)20-5-7-22(31-2)8-6-20/h3-8,11,19H,9-10,12-18H2,1-2H3. The van der Waals surface area contributed by atoms with Crippen molar-refractivity contribution in [3.05, 3.63) is 48.3 Å². The minimum atomic E-state index is 0.819. The monoisotopic (exact) mass is 452 g/mol. The maximum atomic E-state index is 5.28. The van der Waals surface area contributed by atoms with Gasteiger partial charge in [0.15, 0.2) is 0 Å². The van der Waals surface area contributed by atoms with Crippen LogP contribution in [-0.2, 0) is 6.54 Å². The average Bonchev–Trinajstić information content (AvgIpc) is 3.50. The Morgan fingerprint density at radius 3 is 2.34 bits per heavy atom. The molecule has 2 aromatic heterocycles. The molecule has 0 spiro atoms. The number of rotatable bonds is 6. The molecular formula is C24H32N6OS. The summed E-state index contributed by atoms with van der Waals surface area (Å²) >= 11 is 1.70. The van der Waals surface area contributed by atoms with Crippen LogP contribution in [-0.4, -0.2) is 66.0 Å². The molecule has 2 saturated heterocycles. The van der Waals surface area contributed by atoms with E-state index in [-0.39, 0.29) is 0 Å². The molecule has 0 bridgehead atoms. The van der Waals surface area contributed by atoms with Gasteiger partial charge in [0.25, 0.3) is 0 Å². The first-order valence-electron chi connectivity index (χ1n) is 11.6. The second kappa shape index (κ2) is 9.50. The first kappa shape index (κ1) is 21.3. The van der Waals surface area contributed by atoms with E-state index in [1.807, 2.05) is 12.1 Å². The number of ether oxygens (including phenoxy) is 1. The summed E-state index contributed by atoms with van der Waals surface area (Å²) in [5.41, 5.74) is 2.54. The summed E-state index contributed by atoms with van der Waals surface area (Å²) in [5, 5.41) is 11.1. The normalized spacial score (nSPS) is 18.3. The molecule has 0 N–H and O–H groups in total. The van der Waals surface area contributed by atoms with Crippen molar-refractivity contribution < 1.29 is 4.74 Å². The van der Waals surface area contributed by atoms with E-state index < -0.39 is 0 Å². The fourth-order valence-corrected chi connectivity index (χ4v) is 5.47. The van der Waals surface area contributed by atoms with Gasteiger partial charge in [0, 0.05) is 63.4 Å². The molecule has 2 aliphatic rings. The highest BCUT2D eigenvalue weighted by Gasteiger charge is 2.22. The predicted octanol–water partition coefficient (Wildman–Crippen LogP) is 3.90. The van der Waals surface area contributed by atoms with Crippen molar-refractivity contribution in [1.29, 1.82) is 0 Å². The van der Waals surface area contributed by atoms with Gasteiger partial charge in [0.05, 0.1) is 7.11 Å². The molecule has 4 heterocycles. The largest absolute Gasteiger partial charge is 0.497 e. The molecule has 0 aliphatic carbocycles. The molecule has 2 fully saturated rings. The maximum Gasteiger partial charge on any atom is 0.218 e. The Labute approximate surface area is 194 Å². The SMILES string of the molecule is COc1ccc(N2CCN(Cc3cccn3-c3nnc(N4CCC(C)CC4)s3)CC2)cc1. The second-order valence-corrected chi connectivity index (χ2v) is 9.80. The van der Waals surface area contributed by atoms with Crippen LogP contribution in [0.2, 0.25) is 0 Å². The molecule has 1 aromatic carbocycles. The van der Waals surface area contributed by atoms with Gasteiger partial charge in [-0.2, -0.15) is 0 Å². The van der Waals surface area contributed by atoms with E-state index in [0.29, 0.717) is 0 Å². The Bertz CT molecular complexity index is 1000. The van der Waals surface area contributed by atoms with Crippen LogP contribution in [0.1, 0.15) is 25.5 Å². The molecule has 0 amide bonds. The Kier molecular flexibility index (Phi) is 6.32. The third-order valence-corrected chi connectivity index (χ3v) is 7.68. The molecule has 8 heteroatoms. The van der Waals surface area contributed by atoms with E-state index in [0.717, 1.165) is 67.7 Å². The first-order chi connectivity index (χ1) is 15.7. The highest BCUT2D eigenvalue weighted by Crippen LogP contribution is 2.29. The summed E-state index contributed by atoms with van der Waals surface area (Å²) in [7, 11) is 1.71. The summed E-state index contributed by atoms with van der Waals surface area (Å²) in [5.74, 6) is 1.72. The van der Waals surface area contributed by atoms with Crippen molar-refractivity contribution in [2.45, 2.75) is 26.3 Å². The van der Waals surface area contributed by atoms with Crippen LogP contribution in [0, 0.1) is 5.92 Å². The number of piperazine rings is 1. The summed E-state index contributed by atoms with van der Waals surface area (Å²) in [4.78, 5) is 7.37. The number of aromatic nitrogens is 3. The van der Waals surface area contributed by atoms with Gasteiger partial charge in [-0.15, -0.1) is 10.2 Å². The van der Waals surface area contributed by atoms with Crippen LogP contribution in [0.5, 0.6) is 5.75 Å². The molecular weight excluding hydrogens is 420 g/mol. The minimum absolute atomic E-state index is 0.819. The lowest BCUT2D eigenvalue weighted by molar-refractivity contribution is 0.246. The molecule has 32 heavy (non-hydrogen) atoms. The van der Waals surface area contributed by atoms with Gasteiger partial charge >= 0.3 is 0 Å². The number of hydrogen-bond acceptors (Lipinski definition) is 7. The quantitative estimate of drug-likeness (QED) is 0.566. The highest BCUT2D eigenvalue weighted by molar-refractivity contribution is 7.17. The molecule has 2 aliphatic heterocycles. The highest BCUT2D eigenvalue weighted by atomic mass is 32.1. The second-order valence-electron chi connectivity index (χ2n) is 8.87. The topological polar surface area (TPSA) is 49.7 Å². The average molecular weight is 453 g/mol. The van der Waals surface area contributed by atoms with Crippen molar-refractivity contribution in [2.24, 2.45) is 5.92 Å². The summed E-state index contributed by atoms with van der Waals surface area (Å²) in [6.45, 7) is 9.60. The number of nitrogens with zero attached hydrogens (tertiary/aromatic N) is 6. The zero-order valence-electron chi connectivity index (χ0n) is 19.0. The lowest BCUT2D eigenvalue weighted by Crippen LogP contribution is -2.46. The van der Waals surface area contributed by atoms with Gasteiger partial charge in [-0.1, -0.05) is 18.3 Å². The third kappa shape index (κ3) is 4.61. The van der Waals surface area contributed by atoms with Crippen LogP contribution < -0.4 is 14.5 Å². The number of methoxy groups -OCH3 is 1. The van der Waals surface area contributed by atoms with E-state index in [1.165, 1.54) is 24.2 Å². The molecule has 0 radical (unpaired) electrons. The molecule has 170 valence electrons. The molecule has 3 aromatic rings. The number of anilines is 2. The Morgan fingerprint density at radius 1 is 0.906 bits per heavy atom. The van der Waals surface area contributed by atoms with Gasteiger partial charge in [-0.25, -0.2) is 0 Å². The smallest absolute Gasteiger partial charge is 0.218 e. The Morgan fingerprint density at radius 2 is 1.62 bits per heavy atom. The van der Waals surface area contributed by atoms with Crippen molar-refractivity contribution >= 4 is 22.2 Å². The summed E-state index contributed by atoms with van der Waals surface area (Å²) in [6.07, 6.45) is 4.60. The van der Waals surface area contributed by atoms with E-state index in [2.05, 4.69) is 66.9 Å². The summed E-state index contributed by atoms with van der Waals surface area (Å²) in [6, 6.07) is 12.7. The number of benzene rings is 1. The Hall–Kier alpha value is -2.58. The van der Waals surface area contributed by atoms with Gasteiger partial charge in [-0.05, 0) is 55.2 Å². The zero-order valence-corrected chi connectivity index (χ0v) is 19.8. The van der Waals surface area contributed by atoms with Crippen molar-refractivity contribution in [3.63, 3.8) is 0 Å². The van der Waals surface area contributed by atoms with E-state index >= 15 is 0 Å². The van der Waals surface area contributed by atoms with Crippen LogP contribution in [0.3, 0.4) is 0 Å². The van der Waals surface area contributed by atoms with Gasteiger partial charge in [0.1, 0.15) is 5.75 Å². The van der Waals surface area contributed by atoms with Crippen molar-refractivity contribution in [3.8, 4) is 10.9 Å². The third-order valence-electron chi connectivity index (χ3n) is 6.69. The van der Waals surface area contributed by atoms with Gasteiger partial charge in [-0.3, -0.25) is 9.47 Å². The van der Waals surface area contributed by atoms with Gasteiger partial charge < -0.3 is 14.5 Å². The Balaban J connectivity index is 1.20. The van der Waals surface area contributed by atoms with Crippen LogP contribution in [0.4, 0.5) is 10.8 Å². The maximum absolute atomic E-state index is 5.28. The first-order valence-corrected chi connectivity index (χ1v) is 12.4. The predicted molar refractivity (Wildman–Crippen MR) is 130 cm³/mol. The molecule has 7 nitrogen and oxygen atoms in total. The molecule has 0 unspecified atom stereocenters. The molecule has 0 saturated carbocycles.